The number of carboxylic acids is 1. The predicted octanol–water partition coefficient (Wildman–Crippen LogP) is 3.02. The van der Waals surface area contributed by atoms with E-state index in [1.807, 2.05) is 6.92 Å². The highest BCUT2D eigenvalue weighted by Crippen LogP contribution is 2.44. The van der Waals surface area contributed by atoms with E-state index in [1.54, 1.807) is 7.11 Å². The summed E-state index contributed by atoms with van der Waals surface area (Å²) in [6.45, 7) is 2.90. The SMILES string of the molecule is CCCCOC(=O)C(CCOC)CC1(C(=O)O)CCCC1. The number of rotatable bonds is 10. The van der Waals surface area contributed by atoms with Gasteiger partial charge in [0.1, 0.15) is 0 Å². The fourth-order valence-corrected chi connectivity index (χ4v) is 3.03. The van der Waals surface area contributed by atoms with Crippen LogP contribution in [0.25, 0.3) is 0 Å². The lowest BCUT2D eigenvalue weighted by Gasteiger charge is -2.28. The van der Waals surface area contributed by atoms with Crippen molar-refractivity contribution < 1.29 is 24.2 Å². The molecule has 1 fully saturated rings. The van der Waals surface area contributed by atoms with Gasteiger partial charge in [0.2, 0.25) is 0 Å². The Balaban J connectivity index is 2.67. The molecule has 0 aliphatic heterocycles. The molecule has 0 spiro atoms. The van der Waals surface area contributed by atoms with Gasteiger partial charge in [-0.1, -0.05) is 26.2 Å². The first-order valence-corrected chi connectivity index (χ1v) is 7.94. The Hall–Kier alpha value is -1.10. The Morgan fingerprint density at radius 1 is 1.24 bits per heavy atom. The van der Waals surface area contributed by atoms with Gasteiger partial charge in [0.05, 0.1) is 17.9 Å². The second-order valence-electron chi connectivity index (χ2n) is 6.00. The summed E-state index contributed by atoms with van der Waals surface area (Å²) in [5.74, 6) is -1.42. The maximum absolute atomic E-state index is 12.2. The van der Waals surface area contributed by atoms with Crippen LogP contribution in [0.15, 0.2) is 0 Å². The molecule has 0 amide bonds. The Bertz CT molecular complexity index is 334. The molecule has 1 unspecified atom stereocenters. The van der Waals surface area contributed by atoms with E-state index >= 15 is 0 Å². The van der Waals surface area contributed by atoms with Gasteiger partial charge >= 0.3 is 11.9 Å². The number of ether oxygens (including phenoxy) is 2. The molecule has 1 N–H and O–H groups in total. The third-order valence-corrected chi connectivity index (χ3v) is 4.40. The minimum absolute atomic E-state index is 0.270. The van der Waals surface area contributed by atoms with Crippen LogP contribution in [0.3, 0.4) is 0 Å². The topological polar surface area (TPSA) is 72.8 Å². The van der Waals surface area contributed by atoms with E-state index in [-0.39, 0.29) is 11.9 Å². The minimum atomic E-state index is -0.774. The molecular formula is C16H28O5. The highest BCUT2D eigenvalue weighted by molar-refractivity contribution is 5.78. The van der Waals surface area contributed by atoms with Crippen LogP contribution in [-0.2, 0) is 19.1 Å². The van der Waals surface area contributed by atoms with Crippen molar-refractivity contribution in [3.05, 3.63) is 0 Å². The maximum Gasteiger partial charge on any atom is 0.309 e. The van der Waals surface area contributed by atoms with E-state index in [4.69, 9.17) is 9.47 Å². The Labute approximate surface area is 127 Å². The molecule has 5 nitrogen and oxygen atoms in total. The summed E-state index contributed by atoms with van der Waals surface area (Å²) >= 11 is 0. The Morgan fingerprint density at radius 3 is 2.43 bits per heavy atom. The molecule has 1 atom stereocenters. The van der Waals surface area contributed by atoms with E-state index < -0.39 is 11.4 Å². The van der Waals surface area contributed by atoms with Crippen molar-refractivity contribution in [3.63, 3.8) is 0 Å². The zero-order chi connectivity index (χ0) is 15.7. The first-order chi connectivity index (χ1) is 10.1. The molecule has 0 aromatic heterocycles. The van der Waals surface area contributed by atoms with Gasteiger partial charge in [-0.2, -0.15) is 0 Å². The molecule has 5 heteroatoms. The molecule has 0 heterocycles. The van der Waals surface area contributed by atoms with Gasteiger partial charge in [-0.3, -0.25) is 9.59 Å². The number of hydrogen-bond acceptors (Lipinski definition) is 4. The third-order valence-electron chi connectivity index (χ3n) is 4.40. The second kappa shape index (κ2) is 9.03. The highest BCUT2D eigenvalue weighted by Gasteiger charge is 2.44. The normalized spacial score (nSPS) is 18.4. The van der Waals surface area contributed by atoms with Crippen molar-refractivity contribution in [2.75, 3.05) is 20.3 Å². The smallest absolute Gasteiger partial charge is 0.309 e. The van der Waals surface area contributed by atoms with Gasteiger partial charge in [-0.25, -0.2) is 0 Å². The maximum atomic E-state index is 12.2. The van der Waals surface area contributed by atoms with Crippen LogP contribution in [0.2, 0.25) is 0 Å². The summed E-state index contributed by atoms with van der Waals surface area (Å²) in [5.41, 5.74) is -0.748. The lowest BCUT2D eigenvalue weighted by atomic mass is 9.77. The summed E-state index contributed by atoms with van der Waals surface area (Å²) in [5, 5.41) is 9.55. The summed E-state index contributed by atoms with van der Waals surface area (Å²) in [6, 6.07) is 0. The number of esters is 1. The van der Waals surface area contributed by atoms with Gasteiger partial charge in [-0.05, 0) is 32.1 Å². The standard InChI is InChI=1S/C16H28O5/c1-3-4-10-21-14(17)13(7-11-20-2)12-16(15(18)19)8-5-6-9-16/h13H,3-12H2,1-2H3,(H,18,19). The highest BCUT2D eigenvalue weighted by atomic mass is 16.5. The fourth-order valence-electron chi connectivity index (χ4n) is 3.03. The van der Waals surface area contributed by atoms with Crippen LogP contribution >= 0.6 is 0 Å². The number of aliphatic carboxylic acids is 1. The van der Waals surface area contributed by atoms with Crippen molar-refractivity contribution >= 4 is 11.9 Å². The van der Waals surface area contributed by atoms with Crippen molar-refractivity contribution in [2.24, 2.45) is 11.3 Å². The van der Waals surface area contributed by atoms with E-state index in [2.05, 4.69) is 0 Å². The summed E-state index contributed by atoms with van der Waals surface area (Å²) in [7, 11) is 1.59. The lowest BCUT2D eigenvalue weighted by Crippen LogP contribution is -2.34. The Morgan fingerprint density at radius 2 is 1.90 bits per heavy atom. The monoisotopic (exact) mass is 300 g/mol. The van der Waals surface area contributed by atoms with Crippen molar-refractivity contribution in [2.45, 2.75) is 58.3 Å². The molecule has 0 aromatic rings. The van der Waals surface area contributed by atoms with Crippen LogP contribution in [0.4, 0.5) is 0 Å². The molecule has 21 heavy (non-hydrogen) atoms. The van der Waals surface area contributed by atoms with Gasteiger partial charge < -0.3 is 14.6 Å². The molecule has 0 radical (unpaired) electrons. The lowest BCUT2D eigenvalue weighted by molar-refractivity contribution is -0.155. The number of methoxy groups -OCH3 is 1. The predicted molar refractivity (Wildman–Crippen MR) is 79.0 cm³/mol. The average molecular weight is 300 g/mol. The average Bonchev–Trinajstić information content (AvgIpc) is 2.93. The first kappa shape index (κ1) is 18.0. The van der Waals surface area contributed by atoms with Crippen molar-refractivity contribution in [1.29, 1.82) is 0 Å². The molecule has 1 saturated carbocycles. The van der Waals surface area contributed by atoms with Crippen molar-refractivity contribution in [1.82, 2.24) is 0 Å². The fraction of sp³-hybridized carbons (Fsp3) is 0.875. The van der Waals surface area contributed by atoms with Gasteiger partial charge in [0, 0.05) is 13.7 Å². The zero-order valence-electron chi connectivity index (χ0n) is 13.2. The molecule has 1 rings (SSSR count). The summed E-state index contributed by atoms with van der Waals surface area (Å²) in [6.07, 6.45) is 5.87. The summed E-state index contributed by atoms with van der Waals surface area (Å²) < 4.78 is 10.3. The van der Waals surface area contributed by atoms with E-state index in [9.17, 15) is 14.7 Å². The van der Waals surface area contributed by atoms with E-state index in [0.717, 1.165) is 25.7 Å². The molecule has 1 aliphatic rings. The van der Waals surface area contributed by atoms with Crippen molar-refractivity contribution in [3.8, 4) is 0 Å². The molecule has 1 aliphatic carbocycles. The van der Waals surface area contributed by atoms with Crippen LogP contribution in [0.5, 0.6) is 0 Å². The number of carboxylic acid groups (broad SMARTS) is 1. The summed E-state index contributed by atoms with van der Waals surface area (Å²) in [4.78, 5) is 23.8. The van der Waals surface area contributed by atoms with Crippen LogP contribution in [0.1, 0.15) is 58.3 Å². The van der Waals surface area contributed by atoms with Crippen LogP contribution < -0.4 is 0 Å². The molecule has 0 aromatic carbocycles. The molecule has 122 valence electrons. The van der Waals surface area contributed by atoms with E-state index in [1.165, 1.54) is 0 Å². The van der Waals surface area contributed by atoms with Crippen LogP contribution in [-0.4, -0.2) is 37.4 Å². The van der Waals surface area contributed by atoms with Gasteiger partial charge in [0.25, 0.3) is 0 Å². The first-order valence-electron chi connectivity index (χ1n) is 7.94. The molecular weight excluding hydrogens is 272 g/mol. The molecule has 0 bridgehead atoms. The second-order valence-corrected chi connectivity index (χ2v) is 6.00. The zero-order valence-corrected chi connectivity index (χ0v) is 13.2. The largest absolute Gasteiger partial charge is 0.481 e. The number of carbonyl (C=O) groups is 2. The Kier molecular flexibility index (Phi) is 7.72. The van der Waals surface area contributed by atoms with Gasteiger partial charge in [-0.15, -0.1) is 0 Å². The third kappa shape index (κ3) is 5.30. The molecule has 0 saturated heterocycles. The quantitative estimate of drug-likeness (QED) is 0.496. The van der Waals surface area contributed by atoms with Crippen LogP contribution in [0, 0.1) is 11.3 Å². The number of hydrogen-bond donors (Lipinski definition) is 1. The minimum Gasteiger partial charge on any atom is -0.481 e. The number of carbonyl (C=O) groups excluding carboxylic acids is 1. The number of unbranched alkanes of at least 4 members (excludes halogenated alkanes) is 1. The van der Waals surface area contributed by atoms with E-state index in [0.29, 0.717) is 38.9 Å². The van der Waals surface area contributed by atoms with Gasteiger partial charge in [0.15, 0.2) is 0 Å².